The van der Waals surface area contributed by atoms with E-state index in [0.717, 1.165) is 17.7 Å². The van der Waals surface area contributed by atoms with Crippen LogP contribution in [0.25, 0.3) is 0 Å². The fraction of sp³-hybridized carbons (Fsp3) is 0.231. The molecule has 0 fully saturated rings. The van der Waals surface area contributed by atoms with E-state index in [-0.39, 0.29) is 17.0 Å². The Balaban J connectivity index is 2.03. The predicted octanol–water partition coefficient (Wildman–Crippen LogP) is 1.01. The monoisotopic (exact) mass is 290 g/mol. The minimum atomic E-state index is -0.657. The lowest BCUT2D eigenvalue weighted by atomic mass is 10.1. The fourth-order valence-electron chi connectivity index (χ4n) is 1.88. The van der Waals surface area contributed by atoms with Crippen molar-refractivity contribution in [1.82, 2.24) is 15.1 Å². The van der Waals surface area contributed by atoms with Crippen molar-refractivity contribution in [3.63, 3.8) is 0 Å². The number of nitro benzene ring substituents is 1. The molecule has 0 atom stereocenters. The van der Waals surface area contributed by atoms with E-state index in [1.54, 1.807) is 17.9 Å². The summed E-state index contributed by atoms with van der Waals surface area (Å²) >= 11 is 0. The van der Waals surface area contributed by atoms with Gasteiger partial charge < -0.3 is 10.4 Å². The van der Waals surface area contributed by atoms with Crippen LogP contribution in [0.2, 0.25) is 0 Å². The Morgan fingerprint density at radius 3 is 2.90 bits per heavy atom. The van der Waals surface area contributed by atoms with E-state index < -0.39 is 10.8 Å². The molecular formula is C13H14N4O4. The minimum Gasteiger partial charge on any atom is -0.508 e. The van der Waals surface area contributed by atoms with Gasteiger partial charge in [0.05, 0.1) is 11.1 Å². The number of carbonyl (C=O) groups excluding carboxylic acids is 1. The molecule has 0 aliphatic rings. The van der Waals surface area contributed by atoms with Crippen molar-refractivity contribution in [1.29, 1.82) is 0 Å². The molecular weight excluding hydrogens is 276 g/mol. The van der Waals surface area contributed by atoms with Crippen LogP contribution in [0.3, 0.4) is 0 Å². The molecule has 0 spiro atoms. The highest BCUT2D eigenvalue weighted by Gasteiger charge is 2.20. The molecule has 1 amide bonds. The molecule has 8 heteroatoms. The van der Waals surface area contributed by atoms with Gasteiger partial charge in [0.1, 0.15) is 11.3 Å². The third-order valence-corrected chi connectivity index (χ3v) is 2.88. The molecule has 0 radical (unpaired) electrons. The largest absolute Gasteiger partial charge is 0.508 e. The second-order valence-electron chi connectivity index (χ2n) is 4.49. The lowest BCUT2D eigenvalue weighted by Crippen LogP contribution is -2.26. The lowest BCUT2D eigenvalue weighted by molar-refractivity contribution is -0.385. The van der Waals surface area contributed by atoms with Crippen molar-refractivity contribution >= 4 is 11.6 Å². The summed E-state index contributed by atoms with van der Waals surface area (Å²) in [7, 11) is 1.79. The number of phenols is 1. The first kappa shape index (κ1) is 14.5. The normalized spacial score (nSPS) is 10.3. The van der Waals surface area contributed by atoms with Crippen LogP contribution < -0.4 is 5.32 Å². The van der Waals surface area contributed by atoms with Crippen LogP contribution in [-0.2, 0) is 13.5 Å². The lowest BCUT2D eigenvalue weighted by Gasteiger charge is -2.05. The molecule has 0 aliphatic carbocycles. The van der Waals surface area contributed by atoms with E-state index in [2.05, 4.69) is 10.4 Å². The van der Waals surface area contributed by atoms with E-state index >= 15 is 0 Å². The molecule has 0 aliphatic heterocycles. The zero-order valence-electron chi connectivity index (χ0n) is 11.3. The third kappa shape index (κ3) is 3.56. The Kier molecular flexibility index (Phi) is 4.17. The Labute approximate surface area is 120 Å². The van der Waals surface area contributed by atoms with Crippen molar-refractivity contribution in [2.75, 3.05) is 6.54 Å². The van der Waals surface area contributed by atoms with E-state index in [1.807, 2.05) is 6.20 Å². The van der Waals surface area contributed by atoms with Gasteiger partial charge in [0.25, 0.3) is 11.6 Å². The van der Waals surface area contributed by atoms with E-state index in [4.69, 9.17) is 0 Å². The average Bonchev–Trinajstić information content (AvgIpc) is 2.84. The molecule has 2 aromatic rings. The van der Waals surface area contributed by atoms with Gasteiger partial charge in [-0.25, -0.2) is 0 Å². The summed E-state index contributed by atoms with van der Waals surface area (Å²) in [5.74, 6) is -0.792. The highest BCUT2D eigenvalue weighted by molar-refractivity contribution is 5.98. The summed E-state index contributed by atoms with van der Waals surface area (Å²) in [5.41, 5.74) is 0.445. The summed E-state index contributed by atoms with van der Waals surface area (Å²) in [4.78, 5) is 22.2. The van der Waals surface area contributed by atoms with Crippen molar-refractivity contribution in [3.8, 4) is 5.75 Å². The number of nitro groups is 1. The third-order valence-electron chi connectivity index (χ3n) is 2.88. The number of aryl methyl sites for hydroxylation is 1. The van der Waals surface area contributed by atoms with Gasteiger partial charge in [-0.15, -0.1) is 0 Å². The van der Waals surface area contributed by atoms with Crippen LogP contribution in [0.15, 0.2) is 30.6 Å². The van der Waals surface area contributed by atoms with Gasteiger partial charge in [0, 0.05) is 25.9 Å². The number of nitrogens with zero attached hydrogens (tertiary/aromatic N) is 3. The summed E-state index contributed by atoms with van der Waals surface area (Å²) in [5, 5.41) is 26.8. The van der Waals surface area contributed by atoms with E-state index in [0.29, 0.717) is 13.0 Å². The van der Waals surface area contributed by atoms with Gasteiger partial charge in [-0.2, -0.15) is 5.10 Å². The first-order chi connectivity index (χ1) is 9.97. The zero-order chi connectivity index (χ0) is 15.4. The summed E-state index contributed by atoms with van der Waals surface area (Å²) < 4.78 is 1.65. The SMILES string of the molecule is Cn1cc(CCNC(=O)c2cc(O)ccc2[N+](=O)[O-])cn1. The number of nitrogens with one attached hydrogen (secondary N) is 1. The quantitative estimate of drug-likeness (QED) is 0.630. The molecule has 1 aromatic carbocycles. The maximum Gasteiger partial charge on any atom is 0.282 e. The van der Waals surface area contributed by atoms with Crippen LogP contribution >= 0.6 is 0 Å². The van der Waals surface area contributed by atoms with Gasteiger partial charge in [0.15, 0.2) is 0 Å². The van der Waals surface area contributed by atoms with E-state index in [1.165, 1.54) is 6.07 Å². The number of hydrogen-bond acceptors (Lipinski definition) is 5. The van der Waals surface area contributed by atoms with Gasteiger partial charge in [-0.1, -0.05) is 0 Å². The Morgan fingerprint density at radius 2 is 2.29 bits per heavy atom. The number of hydrogen-bond donors (Lipinski definition) is 2. The molecule has 0 saturated carbocycles. The topological polar surface area (TPSA) is 110 Å². The first-order valence-electron chi connectivity index (χ1n) is 6.20. The number of carbonyl (C=O) groups is 1. The Bertz CT molecular complexity index is 681. The first-order valence-corrected chi connectivity index (χ1v) is 6.20. The molecule has 110 valence electrons. The average molecular weight is 290 g/mol. The Hall–Kier alpha value is -2.90. The minimum absolute atomic E-state index is 0.161. The van der Waals surface area contributed by atoms with Crippen molar-refractivity contribution in [3.05, 3.63) is 51.8 Å². The standard InChI is InChI=1S/C13H14N4O4/c1-16-8-9(7-15-16)4-5-14-13(19)11-6-10(18)2-3-12(11)17(20)21/h2-3,6-8,18H,4-5H2,1H3,(H,14,19). The Morgan fingerprint density at radius 1 is 1.52 bits per heavy atom. The molecule has 8 nitrogen and oxygen atoms in total. The van der Waals surface area contributed by atoms with Crippen LogP contribution in [-0.4, -0.2) is 32.3 Å². The van der Waals surface area contributed by atoms with Crippen LogP contribution in [0, 0.1) is 10.1 Å². The number of rotatable bonds is 5. The maximum atomic E-state index is 12.0. The summed E-state index contributed by atoms with van der Waals surface area (Å²) in [6.07, 6.45) is 4.07. The summed E-state index contributed by atoms with van der Waals surface area (Å²) in [6.45, 7) is 0.317. The smallest absolute Gasteiger partial charge is 0.282 e. The molecule has 0 bridgehead atoms. The highest BCUT2D eigenvalue weighted by Crippen LogP contribution is 2.23. The second kappa shape index (κ2) is 6.04. The predicted molar refractivity (Wildman–Crippen MR) is 74.0 cm³/mol. The van der Waals surface area contributed by atoms with Crippen molar-refractivity contribution in [2.45, 2.75) is 6.42 Å². The number of amides is 1. The molecule has 2 N–H and O–H groups in total. The van der Waals surface area contributed by atoms with Crippen LogP contribution in [0.1, 0.15) is 15.9 Å². The molecule has 1 heterocycles. The molecule has 1 aromatic heterocycles. The number of aromatic nitrogens is 2. The van der Waals surface area contributed by atoms with Gasteiger partial charge >= 0.3 is 0 Å². The summed E-state index contributed by atoms with van der Waals surface area (Å²) in [6, 6.07) is 3.35. The van der Waals surface area contributed by atoms with Crippen LogP contribution in [0.4, 0.5) is 5.69 Å². The highest BCUT2D eigenvalue weighted by atomic mass is 16.6. The van der Waals surface area contributed by atoms with Crippen LogP contribution in [0.5, 0.6) is 5.75 Å². The van der Waals surface area contributed by atoms with Gasteiger partial charge in [-0.3, -0.25) is 19.6 Å². The molecule has 21 heavy (non-hydrogen) atoms. The van der Waals surface area contributed by atoms with Gasteiger partial charge in [0.2, 0.25) is 0 Å². The fourth-order valence-corrected chi connectivity index (χ4v) is 1.88. The molecule has 2 rings (SSSR count). The number of aromatic hydroxyl groups is 1. The number of benzene rings is 1. The van der Waals surface area contributed by atoms with Crippen molar-refractivity contribution in [2.24, 2.45) is 7.05 Å². The molecule has 0 saturated heterocycles. The zero-order valence-corrected chi connectivity index (χ0v) is 11.3. The molecule has 0 unspecified atom stereocenters. The maximum absolute atomic E-state index is 12.0. The second-order valence-corrected chi connectivity index (χ2v) is 4.49. The van der Waals surface area contributed by atoms with E-state index in [9.17, 15) is 20.0 Å². The van der Waals surface area contributed by atoms with Gasteiger partial charge in [-0.05, 0) is 24.1 Å². The van der Waals surface area contributed by atoms with Crippen molar-refractivity contribution < 1.29 is 14.8 Å². The number of phenolic OH excluding ortho intramolecular Hbond substituents is 1.